The summed E-state index contributed by atoms with van der Waals surface area (Å²) in [4.78, 5) is 0. The largest absolute Gasteiger partial charge is 0.493 e. The lowest BCUT2D eigenvalue weighted by Gasteiger charge is -2.35. The molecular formula is C11H19NO3. The van der Waals surface area contributed by atoms with Crippen LogP contribution in [0.25, 0.3) is 0 Å². The van der Waals surface area contributed by atoms with Crippen LogP contribution in [0.15, 0.2) is 11.8 Å². The summed E-state index contributed by atoms with van der Waals surface area (Å²) in [5.74, 6) is 0.825. The molecule has 4 heteroatoms. The summed E-state index contributed by atoms with van der Waals surface area (Å²) in [5.41, 5.74) is -0.832. The van der Waals surface area contributed by atoms with E-state index in [0.29, 0.717) is 6.61 Å². The molecule has 2 heterocycles. The van der Waals surface area contributed by atoms with Crippen molar-refractivity contribution in [1.29, 1.82) is 0 Å². The molecule has 0 bridgehead atoms. The maximum Gasteiger partial charge on any atom is 0.116 e. The van der Waals surface area contributed by atoms with Crippen molar-refractivity contribution < 1.29 is 14.7 Å². The fraction of sp³-hybridized carbons (Fsp3) is 0.818. The third-order valence-electron chi connectivity index (χ3n) is 2.99. The predicted octanol–water partition coefficient (Wildman–Crippen LogP) is 1.55. The van der Waals surface area contributed by atoms with E-state index in [0.717, 1.165) is 12.4 Å². The zero-order valence-corrected chi connectivity index (χ0v) is 9.78. The number of nitrogens with zero attached hydrogens (tertiary/aromatic N) is 1. The van der Waals surface area contributed by atoms with Crippen molar-refractivity contribution in [2.75, 3.05) is 13.2 Å². The molecule has 0 aromatic rings. The highest BCUT2D eigenvalue weighted by Crippen LogP contribution is 2.38. The van der Waals surface area contributed by atoms with E-state index in [-0.39, 0.29) is 11.6 Å². The summed E-state index contributed by atoms with van der Waals surface area (Å²) < 4.78 is 10.8. The summed E-state index contributed by atoms with van der Waals surface area (Å²) in [6.45, 7) is 9.18. The minimum absolute atomic E-state index is 0.248. The third kappa shape index (κ3) is 1.89. The molecule has 0 amide bonds. The highest BCUT2D eigenvalue weighted by atomic mass is 16.6. The molecule has 0 saturated carbocycles. The second-order valence-corrected chi connectivity index (χ2v) is 5.30. The monoisotopic (exact) mass is 213 g/mol. The number of hydroxylamine groups is 2. The van der Waals surface area contributed by atoms with Gasteiger partial charge in [0.05, 0.1) is 17.7 Å². The Hall–Kier alpha value is -0.580. The second-order valence-electron chi connectivity index (χ2n) is 5.30. The van der Waals surface area contributed by atoms with Gasteiger partial charge in [-0.2, -0.15) is 5.06 Å². The van der Waals surface area contributed by atoms with Gasteiger partial charge in [0, 0.05) is 0 Å². The molecule has 1 N–H and O–H groups in total. The van der Waals surface area contributed by atoms with Gasteiger partial charge in [0.25, 0.3) is 0 Å². The van der Waals surface area contributed by atoms with Gasteiger partial charge in [0.1, 0.15) is 18.5 Å². The molecule has 0 aliphatic carbocycles. The number of ether oxygens (including phenoxy) is 2. The van der Waals surface area contributed by atoms with Crippen LogP contribution in [-0.4, -0.2) is 40.7 Å². The third-order valence-corrected chi connectivity index (χ3v) is 2.99. The Morgan fingerprint density at radius 3 is 2.53 bits per heavy atom. The normalized spacial score (nSPS) is 32.6. The van der Waals surface area contributed by atoms with E-state index in [2.05, 4.69) is 0 Å². The van der Waals surface area contributed by atoms with Crippen LogP contribution in [-0.2, 0) is 9.47 Å². The fourth-order valence-electron chi connectivity index (χ4n) is 1.95. The quantitative estimate of drug-likeness (QED) is 0.722. The van der Waals surface area contributed by atoms with Gasteiger partial charge in [0.2, 0.25) is 0 Å². The molecule has 2 rings (SSSR count). The first kappa shape index (κ1) is 10.9. The summed E-state index contributed by atoms with van der Waals surface area (Å²) >= 11 is 0. The van der Waals surface area contributed by atoms with Crippen molar-refractivity contribution in [1.82, 2.24) is 5.06 Å². The average molecular weight is 213 g/mol. The van der Waals surface area contributed by atoms with Gasteiger partial charge in [0.15, 0.2) is 0 Å². The van der Waals surface area contributed by atoms with Gasteiger partial charge in [-0.3, -0.25) is 0 Å². The summed E-state index contributed by atoms with van der Waals surface area (Å²) in [7, 11) is 0. The van der Waals surface area contributed by atoms with Gasteiger partial charge in [-0.25, -0.2) is 0 Å². The van der Waals surface area contributed by atoms with Crippen molar-refractivity contribution in [2.24, 2.45) is 0 Å². The molecule has 86 valence electrons. The SMILES string of the molecule is CC1(C)C=C(OCC2CO2)C(C)(C)N1O. The van der Waals surface area contributed by atoms with E-state index >= 15 is 0 Å². The van der Waals surface area contributed by atoms with E-state index in [1.807, 2.05) is 33.8 Å². The number of epoxide rings is 1. The molecule has 4 nitrogen and oxygen atoms in total. The molecule has 0 aromatic heterocycles. The van der Waals surface area contributed by atoms with Crippen LogP contribution in [0.1, 0.15) is 27.7 Å². The van der Waals surface area contributed by atoms with Crippen LogP contribution in [0.4, 0.5) is 0 Å². The smallest absolute Gasteiger partial charge is 0.116 e. The summed E-state index contributed by atoms with van der Waals surface area (Å²) in [6.07, 6.45) is 2.22. The second kappa shape index (κ2) is 3.20. The Balaban J connectivity index is 2.07. The van der Waals surface area contributed by atoms with Crippen LogP contribution in [0.3, 0.4) is 0 Å². The van der Waals surface area contributed by atoms with E-state index in [1.54, 1.807) is 0 Å². The Kier molecular flexibility index (Phi) is 2.33. The van der Waals surface area contributed by atoms with E-state index in [1.165, 1.54) is 5.06 Å². The standard InChI is InChI=1S/C11H19NO3/c1-10(2)5-9(11(3,4)12(10)13)15-7-8-6-14-8/h5,8,13H,6-7H2,1-4H3. The molecule has 2 aliphatic rings. The molecule has 2 aliphatic heterocycles. The average Bonchev–Trinajstić information content (AvgIpc) is 2.91. The zero-order chi connectivity index (χ0) is 11.3. The van der Waals surface area contributed by atoms with Crippen LogP contribution >= 0.6 is 0 Å². The number of hydrogen-bond acceptors (Lipinski definition) is 4. The van der Waals surface area contributed by atoms with Crippen molar-refractivity contribution in [3.63, 3.8) is 0 Å². The Labute approximate surface area is 90.4 Å². The Bertz CT molecular complexity index is 292. The maximum atomic E-state index is 10.0. The molecule has 1 saturated heterocycles. The highest BCUT2D eigenvalue weighted by molar-refractivity contribution is 5.25. The molecule has 1 unspecified atom stereocenters. The van der Waals surface area contributed by atoms with Gasteiger partial charge >= 0.3 is 0 Å². The first-order valence-electron chi connectivity index (χ1n) is 5.31. The number of rotatable bonds is 3. The lowest BCUT2D eigenvalue weighted by molar-refractivity contribution is -0.192. The Morgan fingerprint density at radius 1 is 1.53 bits per heavy atom. The molecule has 0 aromatic carbocycles. The zero-order valence-electron chi connectivity index (χ0n) is 9.78. The highest BCUT2D eigenvalue weighted by Gasteiger charge is 2.47. The molecular weight excluding hydrogens is 194 g/mol. The predicted molar refractivity (Wildman–Crippen MR) is 55.6 cm³/mol. The topological polar surface area (TPSA) is 45.2 Å². The van der Waals surface area contributed by atoms with Crippen LogP contribution in [0, 0.1) is 0 Å². The molecule has 1 atom stereocenters. The summed E-state index contributed by atoms with van der Waals surface area (Å²) in [5, 5.41) is 11.3. The van der Waals surface area contributed by atoms with Crippen molar-refractivity contribution >= 4 is 0 Å². The first-order valence-corrected chi connectivity index (χ1v) is 5.31. The molecule has 0 spiro atoms. The van der Waals surface area contributed by atoms with Crippen molar-refractivity contribution in [2.45, 2.75) is 44.9 Å². The lowest BCUT2D eigenvalue weighted by atomic mass is 10.1. The van der Waals surface area contributed by atoms with Crippen molar-refractivity contribution in [3.05, 3.63) is 11.8 Å². The fourth-order valence-corrected chi connectivity index (χ4v) is 1.95. The van der Waals surface area contributed by atoms with Crippen LogP contribution in [0.2, 0.25) is 0 Å². The first-order chi connectivity index (χ1) is 6.84. The van der Waals surface area contributed by atoms with Gasteiger partial charge in [-0.05, 0) is 33.8 Å². The number of hydrogen-bond donors (Lipinski definition) is 1. The van der Waals surface area contributed by atoms with Crippen LogP contribution < -0.4 is 0 Å². The lowest BCUT2D eigenvalue weighted by Crippen LogP contribution is -2.48. The minimum atomic E-state index is -0.460. The maximum absolute atomic E-state index is 10.0. The molecule has 0 radical (unpaired) electrons. The summed E-state index contributed by atoms with van der Waals surface area (Å²) in [6, 6.07) is 0. The molecule has 15 heavy (non-hydrogen) atoms. The van der Waals surface area contributed by atoms with Gasteiger partial charge in [-0.1, -0.05) is 0 Å². The van der Waals surface area contributed by atoms with Crippen molar-refractivity contribution in [3.8, 4) is 0 Å². The van der Waals surface area contributed by atoms with Gasteiger partial charge in [-0.15, -0.1) is 0 Å². The van der Waals surface area contributed by atoms with Gasteiger partial charge < -0.3 is 14.7 Å². The molecule has 1 fully saturated rings. The van der Waals surface area contributed by atoms with E-state index in [4.69, 9.17) is 9.47 Å². The minimum Gasteiger partial charge on any atom is -0.493 e. The van der Waals surface area contributed by atoms with E-state index in [9.17, 15) is 5.21 Å². The van der Waals surface area contributed by atoms with Crippen LogP contribution in [0.5, 0.6) is 0 Å². The van der Waals surface area contributed by atoms with E-state index < -0.39 is 5.54 Å². The Morgan fingerprint density at radius 2 is 2.13 bits per heavy atom.